The molecule has 0 fully saturated rings. The molecule has 2 N–H and O–H groups in total. The van der Waals surface area contributed by atoms with Crippen LogP contribution in [0.2, 0.25) is 0 Å². The van der Waals surface area contributed by atoms with Crippen molar-refractivity contribution in [2.24, 2.45) is 11.1 Å². The Morgan fingerprint density at radius 3 is 2.50 bits per heavy atom. The molecule has 0 aromatic heterocycles. The molecule has 0 rings (SSSR count). The van der Waals surface area contributed by atoms with E-state index in [9.17, 15) is 4.79 Å². The van der Waals surface area contributed by atoms with Crippen molar-refractivity contribution in [3.63, 3.8) is 0 Å². The van der Waals surface area contributed by atoms with Crippen LogP contribution in [0.1, 0.15) is 27.2 Å². The Bertz CT molecular complexity index is 177. The molecule has 0 heterocycles. The lowest BCUT2D eigenvalue weighted by molar-refractivity contribution is -0.153. The highest BCUT2D eigenvalue weighted by Gasteiger charge is 2.23. The van der Waals surface area contributed by atoms with Gasteiger partial charge in [0.1, 0.15) is 6.61 Å². The second-order valence-corrected chi connectivity index (χ2v) is 5.38. The average molecular weight is 219 g/mol. The molecular formula is C10H21NO2S. The van der Waals surface area contributed by atoms with Gasteiger partial charge in [-0.05, 0) is 39.2 Å². The summed E-state index contributed by atoms with van der Waals surface area (Å²) in [6.45, 7) is 5.84. The standard InChI is InChI=1S/C10H21NO2S/c1-10(2,3)9(12)13-7-8(11)5-6-14-4/h8H,5-7,11H2,1-4H3/t8-/m0/s1. The molecule has 0 aromatic carbocycles. The van der Waals surface area contributed by atoms with E-state index in [1.165, 1.54) is 0 Å². The SMILES string of the molecule is CSCC[C@H](N)COC(=O)C(C)(C)C. The minimum absolute atomic E-state index is 0.0336. The second-order valence-electron chi connectivity index (χ2n) is 4.39. The van der Waals surface area contributed by atoms with Crippen LogP contribution in [0.4, 0.5) is 0 Å². The van der Waals surface area contributed by atoms with Crippen LogP contribution in [0.5, 0.6) is 0 Å². The fourth-order valence-corrected chi connectivity index (χ4v) is 1.29. The van der Waals surface area contributed by atoms with Gasteiger partial charge in [-0.25, -0.2) is 0 Å². The van der Waals surface area contributed by atoms with Crippen molar-refractivity contribution in [1.29, 1.82) is 0 Å². The summed E-state index contributed by atoms with van der Waals surface area (Å²) in [5.74, 6) is 0.825. The topological polar surface area (TPSA) is 52.3 Å². The molecule has 0 spiro atoms. The van der Waals surface area contributed by atoms with E-state index in [1.54, 1.807) is 11.8 Å². The van der Waals surface area contributed by atoms with Gasteiger partial charge >= 0.3 is 5.97 Å². The minimum atomic E-state index is -0.431. The predicted molar refractivity (Wildman–Crippen MR) is 61.4 cm³/mol. The monoisotopic (exact) mass is 219 g/mol. The van der Waals surface area contributed by atoms with Gasteiger partial charge in [-0.2, -0.15) is 11.8 Å². The van der Waals surface area contributed by atoms with Gasteiger partial charge in [0, 0.05) is 6.04 Å². The number of carbonyl (C=O) groups excluding carboxylic acids is 1. The zero-order chi connectivity index (χ0) is 11.2. The normalized spacial score (nSPS) is 13.8. The maximum atomic E-state index is 11.4. The fraction of sp³-hybridized carbons (Fsp3) is 0.900. The average Bonchev–Trinajstić information content (AvgIpc) is 2.09. The third-order valence-corrected chi connectivity index (χ3v) is 2.38. The fourth-order valence-electron chi connectivity index (χ4n) is 0.752. The van der Waals surface area contributed by atoms with Crippen LogP contribution in [0.25, 0.3) is 0 Å². The molecule has 0 radical (unpaired) electrons. The number of nitrogens with two attached hydrogens (primary N) is 1. The van der Waals surface area contributed by atoms with Crippen molar-refractivity contribution >= 4 is 17.7 Å². The lowest BCUT2D eigenvalue weighted by atomic mass is 9.97. The summed E-state index contributed by atoms with van der Waals surface area (Å²) >= 11 is 1.75. The first-order valence-corrected chi connectivity index (χ1v) is 6.19. The Morgan fingerprint density at radius 2 is 2.07 bits per heavy atom. The second kappa shape index (κ2) is 6.30. The molecule has 0 saturated carbocycles. The number of ether oxygens (including phenoxy) is 1. The molecular weight excluding hydrogens is 198 g/mol. The van der Waals surface area contributed by atoms with Gasteiger partial charge < -0.3 is 10.5 Å². The third-order valence-electron chi connectivity index (χ3n) is 1.73. The smallest absolute Gasteiger partial charge is 0.311 e. The van der Waals surface area contributed by atoms with Crippen LogP contribution < -0.4 is 5.73 Å². The van der Waals surface area contributed by atoms with Crippen molar-refractivity contribution in [3.8, 4) is 0 Å². The van der Waals surface area contributed by atoms with E-state index in [2.05, 4.69) is 0 Å². The summed E-state index contributed by atoms with van der Waals surface area (Å²) in [6, 6.07) is -0.0336. The highest BCUT2D eigenvalue weighted by Crippen LogP contribution is 2.15. The Labute approximate surface area is 90.8 Å². The van der Waals surface area contributed by atoms with Crippen LogP contribution in [0.15, 0.2) is 0 Å². The first kappa shape index (κ1) is 13.8. The van der Waals surface area contributed by atoms with Crippen molar-refractivity contribution in [2.45, 2.75) is 33.2 Å². The Morgan fingerprint density at radius 1 is 1.50 bits per heavy atom. The van der Waals surface area contributed by atoms with E-state index < -0.39 is 5.41 Å². The van der Waals surface area contributed by atoms with E-state index in [4.69, 9.17) is 10.5 Å². The lowest BCUT2D eigenvalue weighted by Gasteiger charge is -2.18. The molecule has 0 saturated heterocycles. The van der Waals surface area contributed by atoms with Crippen molar-refractivity contribution in [1.82, 2.24) is 0 Å². The molecule has 0 unspecified atom stereocenters. The third kappa shape index (κ3) is 6.27. The van der Waals surface area contributed by atoms with Crippen molar-refractivity contribution in [2.75, 3.05) is 18.6 Å². The van der Waals surface area contributed by atoms with E-state index in [0.717, 1.165) is 12.2 Å². The van der Waals surface area contributed by atoms with Gasteiger partial charge in [0.2, 0.25) is 0 Å². The minimum Gasteiger partial charge on any atom is -0.464 e. The maximum absolute atomic E-state index is 11.4. The molecule has 1 atom stereocenters. The van der Waals surface area contributed by atoms with Crippen LogP contribution in [0.3, 0.4) is 0 Å². The van der Waals surface area contributed by atoms with Crippen LogP contribution in [-0.2, 0) is 9.53 Å². The molecule has 0 aliphatic rings. The Hall–Kier alpha value is -0.220. The molecule has 0 aromatic rings. The first-order chi connectivity index (χ1) is 6.38. The lowest BCUT2D eigenvalue weighted by Crippen LogP contribution is -2.32. The number of esters is 1. The molecule has 84 valence electrons. The molecule has 0 aliphatic heterocycles. The molecule has 0 amide bonds. The summed E-state index contributed by atoms with van der Waals surface area (Å²) < 4.78 is 5.09. The van der Waals surface area contributed by atoms with Crippen molar-refractivity contribution in [3.05, 3.63) is 0 Å². The molecule has 0 bridgehead atoms. The van der Waals surface area contributed by atoms with Crippen LogP contribution in [-0.4, -0.2) is 30.6 Å². The summed E-state index contributed by atoms with van der Waals surface area (Å²) in [7, 11) is 0. The number of thioether (sulfide) groups is 1. The highest BCUT2D eigenvalue weighted by molar-refractivity contribution is 7.98. The number of rotatable bonds is 5. The van der Waals surface area contributed by atoms with E-state index in [-0.39, 0.29) is 12.0 Å². The summed E-state index contributed by atoms with van der Waals surface area (Å²) in [5.41, 5.74) is 5.33. The van der Waals surface area contributed by atoms with Crippen molar-refractivity contribution < 1.29 is 9.53 Å². The van der Waals surface area contributed by atoms with Crippen LogP contribution >= 0.6 is 11.8 Å². The van der Waals surface area contributed by atoms with E-state index in [1.807, 2.05) is 27.0 Å². The quantitative estimate of drug-likeness (QED) is 0.714. The maximum Gasteiger partial charge on any atom is 0.311 e. The highest BCUT2D eigenvalue weighted by atomic mass is 32.2. The molecule has 14 heavy (non-hydrogen) atoms. The first-order valence-electron chi connectivity index (χ1n) is 4.79. The zero-order valence-electron chi connectivity index (χ0n) is 9.50. The van der Waals surface area contributed by atoms with Gasteiger partial charge in [0.25, 0.3) is 0 Å². The predicted octanol–water partition coefficient (Wildman–Crippen LogP) is 1.66. The Balaban J connectivity index is 3.67. The Kier molecular flexibility index (Phi) is 6.20. The summed E-state index contributed by atoms with van der Waals surface area (Å²) in [4.78, 5) is 11.4. The summed E-state index contributed by atoms with van der Waals surface area (Å²) in [6.07, 6.45) is 2.92. The zero-order valence-corrected chi connectivity index (χ0v) is 10.3. The van der Waals surface area contributed by atoms with E-state index >= 15 is 0 Å². The van der Waals surface area contributed by atoms with Crippen LogP contribution in [0, 0.1) is 5.41 Å². The summed E-state index contributed by atoms with van der Waals surface area (Å²) in [5, 5.41) is 0. The van der Waals surface area contributed by atoms with Gasteiger partial charge in [-0.15, -0.1) is 0 Å². The largest absolute Gasteiger partial charge is 0.464 e. The van der Waals surface area contributed by atoms with E-state index in [0.29, 0.717) is 6.61 Å². The molecule has 3 nitrogen and oxygen atoms in total. The number of hydrogen-bond acceptors (Lipinski definition) is 4. The number of carbonyl (C=O) groups is 1. The van der Waals surface area contributed by atoms with Gasteiger partial charge in [-0.3, -0.25) is 4.79 Å². The van der Waals surface area contributed by atoms with Gasteiger partial charge in [-0.1, -0.05) is 0 Å². The number of hydrogen-bond donors (Lipinski definition) is 1. The van der Waals surface area contributed by atoms with Gasteiger partial charge in [0.05, 0.1) is 5.41 Å². The molecule has 0 aliphatic carbocycles. The van der Waals surface area contributed by atoms with Gasteiger partial charge in [0.15, 0.2) is 0 Å². The molecule has 4 heteroatoms.